The molecule has 0 radical (unpaired) electrons. The summed E-state index contributed by atoms with van der Waals surface area (Å²) in [6, 6.07) is 15.1. The molecule has 1 aromatic heterocycles. The van der Waals surface area contributed by atoms with Crippen molar-refractivity contribution < 1.29 is 4.79 Å². The zero-order valence-electron chi connectivity index (χ0n) is 14.1. The SMILES string of the molecule is O=C(Nc1cccc(-n2cnnn2)c1)C1(c2ccc(Cl)cc2)CCCC1. The van der Waals surface area contributed by atoms with Crippen LogP contribution in [0.1, 0.15) is 31.2 Å². The van der Waals surface area contributed by atoms with Crippen LogP contribution in [-0.2, 0) is 10.2 Å². The topological polar surface area (TPSA) is 72.7 Å². The van der Waals surface area contributed by atoms with Crippen LogP contribution in [0.25, 0.3) is 5.69 Å². The number of anilines is 1. The van der Waals surface area contributed by atoms with Gasteiger partial charge in [0.1, 0.15) is 6.33 Å². The molecule has 1 amide bonds. The molecule has 1 aliphatic carbocycles. The first-order valence-electron chi connectivity index (χ1n) is 8.58. The molecule has 26 heavy (non-hydrogen) atoms. The number of nitrogens with one attached hydrogen (secondary N) is 1. The molecule has 1 N–H and O–H groups in total. The van der Waals surface area contributed by atoms with Crippen LogP contribution < -0.4 is 5.32 Å². The molecule has 6 nitrogen and oxygen atoms in total. The summed E-state index contributed by atoms with van der Waals surface area (Å²) in [4.78, 5) is 13.2. The summed E-state index contributed by atoms with van der Waals surface area (Å²) in [5.41, 5.74) is 2.03. The Bertz CT molecular complexity index is 902. The number of aromatic nitrogens is 4. The summed E-state index contributed by atoms with van der Waals surface area (Å²) >= 11 is 6.02. The van der Waals surface area contributed by atoms with Crippen molar-refractivity contribution in [1.29, 1.82) is 0 Å². The third-order valence-corrected chi connectivity index (χ3v) is 5.26. The molecule has 4 rings (SSSR count). The zero-order valence-corrected chi connectivity index (χ0v) is 14.9. The molecule has 0 spiro atoms. The van der Waals surface area contributed by atoms with Gasteiger partial charge in [0, 0.05) is 10.7 Å². The average Bonchev–Trinajstić information content (AvgIpc) is 3.35. The average molecular weight is 368 g/mol. The number of carbonyl (C=O) groups excluding carboxylic acids is 1. The van der Waals surface area contributed by atoms with Crippen LogP contribution >= 0.6 is 11.6 Å². The number of benzene rings is 2. The minimum absolute atomic E-state index is 0.0196. The van der Waals surface area contributed by atoms with Crippen LogP contribution in [0.2, 0.25) is 5.02 Å². The Morgan fingerprint density at radius 2 is 1.88 bits per heavy atom. The van der Waals surface area contributed by atoms with Crippen LogP contribution in [0.3, 0.4) is 0 Å². The summed E-state index contributed by atoms with van der Waals surface area (Å²) in [6.07, 6.45) is 5.29. The van der Waals surface area contributed by atoms with Crippen molar-refractivity contribution in [2.75, 3.05) is 5.32 Å². The summed E-state index contributed by atoms with van der Waals surface area (Å²) in [7, 11) is 0. The number of carbonyl (C=O) groups is 1. The summed E-state index contributed by atoms with van der Waals surface area (Å²) in [6.45, 7) is 0. The maximum absolute atomic E-state index is 13.2. The van der Waals surface area contributed by atoms with Crippen LogP contribution in [0, 0.1) is 0 Å². The predicted octanol–water partition coefficient (Wildman–Crippen LogP) is 3.77. The number of nitrogens with zero attached hydrogens (tertiary/aromatic N) is 4. The van der Waals surface area contributed by atoms with Crippen molar-refractivity contribution in [3.8, 4) is 5.69 Å². The normalized spacial score (nSPS) is 15.7. The minimum atomic E-state index is -0.505. The minimum Gasteiger partial charge on any atom is -0.325 e. The summed E-state index contributed by atoms with van der Waals surface area (Å²) < 4.78 is 1.56. The van der Waals surface area contributed by atoms with E-state index in [-0.39, 0.29) is 5.91 Å². The quantitative estimate of drug-likeness (QED) is 0.761. The highest BCUT2D eigenvalue weighted by Crippen LogP contribution is 2.42. The maximum Gasteiger partial charge on any atom is 0.235 e. The molecule has 132 valence electrons. The van der Waals surface area contributed by atoms with Crippen molar-refractivity contribution in [3.63, 3.8) is 0 Å². The molecule has 1 fully saturated rings. The Hall–Kier alpha value is -2.73. The molecule has 0 bridgehead atoms. The number of halogens is 1. The first kappa shape index (κ1) is 16.7. The first-order chi connectivity index (χ1) is 12.7. The van der Waals surface area contributed by atoms with Crippen molar-refractivity contribution in [1.82, 2.24) is 20.2 Å². The highest BCUT2D eigenvalue weighted by molar-refractivity contribution is 6.30. The van der Waals surface area contributed by atoms with Gasteiger partial charge in [-0.3, -0.25) is 4.79 Å². The van der Waals surface area contributed by atoms with E-state index in [0.29, 0.717) is 5.02 Å². The Morgan fingerprint density at radius 3 is 2.58 bits per heavy atom. The number of hydrogen-bond acceptors (Lipinski definition) is 4. The molecule has 1 saturated carbocycles. The smallest absolute Gasteiger partial charge is 0.235 e. The van der Waals surface area contributed by atoms with Gasteiger partial charge in [0.15, 0.2) is 0 Å². The van der Waals surface area contributed by atoms with Gasteiger partial charge in [-0.1, -0.05) is 42.6 Å². The van der Waals surface area contributed by atoms with Gasteiger partial charge in [0.2, 0.25) is 5.91 Å². The second-order valence-electron chi connectivity index (χ2n) is 6.55. The van der Waals surface area contributed by atoms with E-state index >= 15 is 0 Å². The van der Waals surface area contributed by atoms with Crippen molar-refractivity contribution in [3.05, 3.63) is 65.4 Å². The molecule has 0 aliphatic heterocycles. The number of amides is 1. The Morgan fingerprint density at radius 1 is 1.12 bits per heavy atom. The van der Waals surface area contributed by atoms with E-state index in [2.05, 4.69) is 20.8 Å². The maximum atomic E-state index is 13.2. The van der Waals surface area contributed by atoms with Crippen LogP contribution in [0.4, 0.5) is 5.69 Å². The molecular formula is C19H18ClN5O. The van der Waals surface area contributed by atoms with E-state index in [1.807, 2.05) is 48.5 Å². The van der Waals surface area contributed by atoms with E-state index in [4.69, 9.17) is 11.6 Å². The van der Waals surface area contributed by atoms with Crippen molar-refractivity contribution in [2.24, 2.45) is 0 Å². The molecule has 1 aliphatic rings. The van der Waals surface area contributed by atoms with Gasteiger partial charge in [-0.05, 0) is 59.2 Å². The van der Waals surface area contributed by atoms with Gasteiger partial charge in [-0.25, -0.2) is 4.68 Å². The van der Waals surface area contributed by atoms with E-state index in [1.165, 1.54) is 6.33 Å². The molecule has 1 heterocycles. The van der Waals surface area contributed by atoms with Crippen LogP contribution in [0.15, 0.2) is 54.9 Å². The lowest BCUT2D eigenvalue weighted by Gasteiger charge is -2.28. The Labute approximate surface area is 156 Å². The van der Waals surface area contributed by atoms with E-state index < -0.39 is 5.41 Å². The largest absolute Gasteiger partial charge is 0.325 e. The number of rotatable bonds is 4. The Balaban J connectivity index is 1.62. The number of hydrogen-bond donors (Lipinski definition) is 1. The van der Waals surface area contributed by atoms with Gasteiger partial charge in [-0.15, -0.1) is 5.10 Å². The van der Waals surface area contributed by atoms with E-state index in [1.54, 1.807) is 4.68 Å². The summed E-state index contributed by atoms with van der Waals surface area (Å²) in [5.74, 6) is 0.0196. The first-order valence-corrected chi connectivity index (χ1v) is 8.96. The lowest BCUT2D eigenvalue weighted by atomic mass is 9.78. The lowest BCUT2D eigenvalue weighted by Crippen LogP contribution is -2.38. The van der Waals surface area contributed by atoms with E-state index in [0.717, 1.165) is 42.6 Å². The van der Waals surface area contributed by atoms with Gasteiger partial charge >= 0.3 is 0 Å². The fourth-order valence-electron chi connectivity index (χ4n) is 3.65. The zero-order chi connectivity index (χ0) is 18.0. The predicted molar refractivity (Wildman–Crippen MR) is 99.4 cm³/mol. The molecule has 0 atom stereocenters. The lowest BCUT2D eigenvalue weighted by molar-refractivity contribution is -0.121. The monoisotopic (exact) mass is 367 g/mol. The Kier molecular flexibility index (Phi) is 4.42. The molecule has 7 heteroatoms. The second kappa shape index (κ2) is 6.88. The van der Waals surface area contributed by atoms with Crippen molar-refractivity contribution in [2.45, 2.75) is 31.1 Å². The van der Waals surface area contributed by atoms with Gasteiger partial charge < -0.3 is 5.32 Å². The fourth-order valence-corrected chi connectivity index (χ4v) is 3.78. The molecule has 0 saturated heterocycles. The fraction of sp³-hybridized carbons (Fsp3) is 0.263. The van der Waals surface area contributed by atoms with Gasteiger partial charge in [0.05, 0.1) is 11.1 Å². The molecule has 3 aromatic rings. The number of tetrazole rings is 1. The van der Waals surface area contributed by atoms with Gasteiger partial charge in [-0.2, -0.15) is 0 Å². The molecular weight excluding hydrogens is 350 g/mol. The third-order valence-electron chi connectivity index (χ3n) is 5.01. The highest BCUT2D eigenvalue weighted by Gasteiger charge is 2.42. The van der Waals surface area contributed by atoms with E-state index in [9.17, 15) is 4.79 Å². The molecule has 0 unspecified atom stereocenters. The van der Waals surface area contributed by atoms with Gasteiger partial charge in [0.25, 0.3) is 0 Å². The summed E-state index contributed by atoms with van der Waals surface area (Å²) in [5, 5.41) is 14.9. The van der Waals surface area contributed by atoms with Crippen LogP contribution in [-0.4, -0.2) is 26.1 Å². The third kappa shape index (κ3) is 3.08. The second-order valence-corrected chi connectivity index (χ2v) is 6.99. The van der Waals surface area contributed by atoms with Crippen molar-refractivity contribution >= 4 is 23.2 Å². The standard InChI is InChI=1S/C19H18ClN5O/c20-15-8-6-14(7-9-15)19(10-1-2-11-19)18(26)22-16-4-3-5-17(12-16)25-13-21-23-24-25/h3-9,12-13H,1-2,10-11H2,(H,22,26). The molecule has 2 aromatic carbocycles. The highest BCUT2D eigenvalue weighted by atomic mass is 35.5. The van der Waals surface area contributed by atoms with Crippen LogP contribution in [0.5, 0.6) is 0 Å².